The Morgan fingerprint density at radius 1 is 1.19 bits per heavy atom. The van der Waals surface area contributed by atoms with Gasteiger partial charge in [0.2, 0.25) is 0 Å². The quantitative estimate of drug-likeness (QED) is 0.749. The minimum absolute atomic E-state index is 0.175. The molecule has 2 aromatic rings. The van der Waals surface area contributed by atoms with E-state index < -0.39 is 23.3 Å². The van der Waals surface area contributed by atoms with Crippen LogP contribution in [0, 0.1) is 5.92 Å². The van der Waals surface area contributed by atoms with Crippen molar-refractivity contribution in [2.24, 2.45) is 5.92 Å². The highest BCUT2D eigenvalue weighted by Crippen LogP contribution is 2.34. The summed E-state index contributed by atoms with van der Waals surface area (Å²) in [4.78, 5) is 12.4. The number of nitrogens with zero attached hydrogens (tertiary/aromatic N) is 2. The molecule has 0 aliphatic rings. The van der Waals surface area contributed by atoms with Crippen LogP contribution in [0.15, 0.2) is 30.5 Å². The Bertz CT molecular complexity index is 754. The van der Waals surface area contributed by atoms with Crippen molar-refractivity contribution in [2.45, 2.75) is 45.8 Å². The maximum absolute atomic E-state index is 13.6. The minimum Gasteiger partial charge on any atom is -0.349 e. The summed E-state index contributed by atoms with van der Waals surface area (Å²) in [5.41, 5.74) is -1.43. The van der Waals surface area contributed by atoms with E-state index in [0.717, 1.165) is 12.6 Å². The second-order valence-corrected chi connectivity index (χ2v) is 7.07. The molecule has 1 amide bonds. The molecule has 0 saturated carbocycles. The van der Waals surface area contributed by atoms with Crippen LogP contribution in [0.3, 0.4) is 0 Å². The number of benzene rings is 1. The van der Waals surface area contributed by atoms with Gasteiger partial charge in [0.15, 0.2) is 5.69 Å². The monoisotopic (exact) mass is 387 g/mol. The van der Waals surface area contributed by atoms with E-state index in [1.165, 1.54) is 24.3 Å². The van der Waals surface area contributed by atoms with Crippen LogP contribution in [0.5, 0.6) is 0 Å². The normalized spacial score (nSPS) is 13.1. The fourth-order valence-corrected chi connectivity index (χ4v) is 2.65. The molecule has 8 heteroatoms. The van der Waals surface area contributed by atoms with Crippen LogP contribution < -0.4 is 5.32 Å². The standard InChI is InChI=1S/C18H21ClF3N3O/c1-11(2)4-5-12(3)24-17(26)15-10-23-25(16(15)18(20,21)22)14-8-6-13(19)7-9-14/h6-12H,4-5H2,1-3H3,(H,24,26). The average molecular weight is 388 g/mol. The van der Waals surface area contributed by atoms with Crippen LogP contribution in [0.2, 0.25) is 5.02 Å². The molecule has 4 nitrogen and oxygen atoms in total. The zero-order chi connectivity index (χ0) is 19.5. The summed E-state index contributed by atoms with van der Waals surface area (Å²) in [5, 5.41) is 6.80. The van der Waals surface area contributed by atoms with E-state index in [1.807, 2.05) is 13.8 Å². The number of carbonyl (C=O) groups is 1. The molecule has 26 heavy (non-hydrogen) atoms. The van der Waals surface area contributed by atoms with E-state index in [-0.39, 0.29) is 11.7 Å². The third kappa shape index (κ3) is 5.00. The largest absolute Gasteiger partial charge is 0.434 e. The van der Waals surface area contributed by atoms with Crippen molar-refractivity contribution in [1.82, 2.24) is 15.1 Å². The fourth-order valence-electron chi connectivity index (χ4n) is 2.52. The number of nitrogens with one attached hydrogen (secondary N) is 1. The number of carbonyl (C=O) groups excluding carboxylic acids is 1. The van der Waals surface area contributed by atoms with Gasteiger partial charge in [-0.05, 0) is 49.9 Å². The van der Waals surface area contributed by atoms with Crippen LogP contribution in [0.25, 0.3) is 5.69 Å². The third-order valence-electron chi connectivity index (χ3n) is 3.91. The van der Waals surface area contributed by atoms with Crippen LogP contribution in [0.1, 0.15) is 49.7 Å². The van der Waals surface area contributed by atoms with E-state index in [1.54, 1.807) is 6.92 Å². The SMILES string of the molecule is CC(C)CCC(C)NC(=O)c1cnn(-c2ccc(Cl)cc2)c1C(F)(F)F. The van der Waals surface area contributed by atoms with E-state index in [0.29, 0.717) is 22.0 Å². The number of hydrogen-bond donors (Lipinski definition) is 1. The van der Waals surface area contributed by atoms with Gasteiger partial charge < -0.3 is 5.32 Å². The van der Waals surface area contributed by atoms with E-state index in [4.69, 9.17) is 11.6 Å². The second-order valence-electron chi connectivity index (χ2n) is 6.64. The first-order valence-corrected chi connectivity index (χ1v) is 8.69. The van der Waals surface area contributed by atoms with Crippen molar-refractivity contribution in [2.75, 3.05) is 0 Å². The van der Waals surface area contributed by atoms with E-state index in [2.05, 4.69) is 10.4 Å². The van der Waals surface area contributed by atoms with Crippen molar-refractivity contribution in [1.29, 1.82) is 0 Å². The Labute approximate surface area is 155 Å². The molecule has 1 aromatic carbocycles. The van der Waals surface area contributed by atoms with Crippen LogP contribution in [-0.4, -0.2) is 21.7 Å². The Morgan fingerprint density at radius 2 is 1.81 bits per heavy atom. The minimum atomic E-state index is -4.73. The van der Waals surface area contributed by atoms with Gasteiger partial charge in [-0.2, -0.15) is 18.3 Å². The molecule has 0 spiro atoms. The molecule has 1 aromatic heterocycles. The molecular formula is C18H21ClF3N3O. The molecule has 2 rings (SSSR count). The number of aromatic nitrogens is 2. The Hall–Kier alpha value is -2.02. The van der Waals surface area contributed by atoms with Crippen molar-refractivity contribution in [3.8, 4) is 5.69 Å². The molecule has 1 heterocycles. The van der Waals surface area contributed by atoms with Crippen molar-refractivity contribution in [3.05, 3.63) is 46.7 Å². The third-order valence-corrected chi connectivity index (χ3v) is 4.16. The first kappa shape index (κ1) is 20.3. The topological polar surface area (TPSA) is 46.9 Å². The Balaban J connectivity index is 2.31. The highest BCUT2D eigenvalue weighted by atomic mass is 35.5. The van der Waals surface area contributed by atoms with Crippen LogP contribution in [0.4, 0.5) is 13.2 Å². The molecule has 1 N–H and O–H groups in total. The van der Waals surface area contributed by atoms with Gasteiger partial charge in [0, 0.05) is 11.1 Å². The molecule has 142 valence electrons. The van der Waals surface area contributed by atoms with Crippen molar-refractivity contribution >= 4 is 17.5 Å². The second kappa shape index (κ2) is 8.12. The molecule has 0 bridgehead atoms. The summed E-state index contributed by atoms with van der Waals surface area (Å²) in [5.74, 6) is -0.332. The summed E-state index contributed by atoms with van der Waals surface area (Å²) in [6.45, 7) is 5.87. The molecule has 0 fully saturated rings. The first-order valence-electron chi connectivity index (χ1n) is 8.31. The molecule has 1 atom stereocenters. The number of alkyl halides is 3. The zero-order valence-corrected chi connectivity index (χ0v) is 15.5. The Morgan fingerprint density at radius 3 is 2.35 bits per heavy atom. The van der Waals surface area contributed by atoms with Gasteiger partial charge in [0.25, 0.3) is 5.91 Å². The van der Waals surface area contributed by atoms with E-state index >= 15 is 0 Å². The lowest BCUT2D eigenvalue weighted by atomic mass is 10.0. The van der Waals surface area contributed by atoms with Gasteiger partial charge in [-0.3, -0.25) is 4.79 Å². The van der Waals surface area contributed by atoms with Gasteiger partial charge in [-0.25, -0.2) is 4.68 Å². The molecule has 0 aliphatic heterocycles. The lowest BCUT2D eigenvalue weighted by Gasteiger charge is -2.16. The molecular weight excluding hydrogens is 367 g/mol. The molecule has 0 saturated heterocycles. The highest BCUT2D eigenvalue weighted by Gasteiger charge is 2.40. The molecule has 1 unspecified atom stereocenters. The summed E-state index contributed by atoms with van der Waals surface area (Å²) >= 11 is 5.78. The average Bonchev–Trinajstić information content (AvgIpc) is 2.99. The zero-order valence-electron chi connectivity index (χ0n) is 14.8. The number of amides is 1. The molecule has 0 radical (unpaired) electrons. The van der Waals surface area contributed by atoms with Gasteiger partial charge in [0.05, 0.1) is 17.4 Å². The number of halogens is 4. The summed E-state index contributed by atoms with van der Waals surface area (Å²) in [6.07, 6.45) is -2.22. The Kier molecular flexibility index (Phi) is 6.34. The highest BCUT2D eigenvalue weighted by molar-refractivity contribution is 6.30. The predicted octanol–water partition coefficient (Wildman–Crippen LogP) is 5.10. The number of hydrogen-bond acceptors (Lipinski definition) is 2. The summed E-state index contributed by atoms with van der Waals surface area (Å²) in [6, 6.07) is 5.53. The fraction of sp³-hybridized carbons (Fsp3) is 0.444. The molecule has 0 aliphatic carbocycles. The van der Waals surface area contributed by atoms with Gasteiger partial charge in [-0.1, -0.05) is 25.4 Å². The predicted molar refractivity (Wildman–Crippen MR) is 94.6 cm³/mol. The maximum atomic E-state index is 13.6. The lowest BCUT2D eigenvalue weighted by Crippen LogP contribution is -2.34. The maximum Gasteiger partial charge on any atom is 0.434 e. The lowest BCUT2D eigenvalue weighted by molar-refractivity contribution is -0.143. The van der Waals surface area contributed by atoms with Crippen molar-refractivity contribution < 1.29 is 18.0 Å². The van der Waals surface area contributed by atoms with Gasteiger partial charge in [-0.15, -0.1) is 0 Å². The number of rotatable bonds is 6. The first-order chi connectivity index (χ1) is 12.1. The van der Waals surface area contributed by atoms with Crippen LogP contribution in [-0.2, 0) is 6.18 Å². The van der Waals surface area contributed by atoms with Gasteiger partial charge >= 0.3 is 6.18 Å². The van der Waals surface area contributed by atoms with E-state index in [9.17, 15) is 18.0 Å². The van der Waals surface area contributed by atoms with Crippen LogP contribution >= 0.6 is 11.6 Å². The summed E-state index contributed by atoms with van der Waals surface area (Å²) < 4.78 is 41.5. The van der Waals surface area contributed by atoms with Gasteiger partial charge in [0.1, 0.15) is 0 Å². The summed E-state index contributed by atoms with van der Waals surface area (Å²) in [7, 11) is 0. The smallest absolute Gasteiger partial charge is 0.349 e. The van der Waals surface area contributed by atoms with Crippen molar-refractivity contribution in [3.63, 3.8) is 0 Å².